The van der Waals surface area contributed by atoms with E-state index >= 15 is 0 Å². The average molecular weight is 465 g/mol. The second kappa shape index (κ2) is 14.4. The average Bonchev–Trinajstić information content (AvgIpc) is 2.76. The standard InChI is InChI=1S/C24H40N4O5/c1-6-16(4)10-7-8-12-20(29)27-18-11-9-13-25-22(31)19(14-15(2)3)28-24(33)21(30)17(5)26-23(18)32/h8,12,15-19H,6-7,9-11,13-14H2,1-5H3,(H,25,31)(H,26,32)(H,27,29)(H,28,33)/b12-8+/t16-,17+,18-,19-/m0/s1. The van der Waals surface area contributed by atoms with Crippen LogP contribution in [0.5, 0.6) is 0 Å². The summed E-state index contributed by atoms with van der Waals surface area (Å²) in [5.41, 5.74) is 0. The van der Waals surface area contributed by atoms with Crippen molar-refractivity contribution in [3.05, 3.63) is 12.2 Å². The van der Waals surface area contributed by atoms with Crippen LogP contribution >= 0.6 is 0 Å². The molecule has 0 spiro atoms. The van der Waals surface area contributed by atoms with Gasteiger partial charge < -0.3 is 21.3 Å². The van der Waals surface area contributed by atoms with Gasteiger partial charge in [0.05, 0.1) is 6.04 Å². The Morgan fingerprint density at radius 3 is 2.45 bits per heavy atom. The molecule has 0 radical (unpaired) electrons. The molecule has 4 N–H and O–H groups in total. The zero-order valence-corrected chi connectivity index (χ0v) is 20.5. The summed E-state index contributed by atoms with van der Waals surface area (Å²) < 4.78 is 0. The van der Waals surface area contributed by atoms with Crippen LogP contribution < -0.4 is 21.3 Å². The largest absolute Gasteiger partial charge is 0.354 e. The van der Waals surface area contributed by atoms with Gasteiger partial charge in [0.1, 0.15) is 12.1 Å². The molecule has 0 aliphatic carbocycles. The van der Waals surface area contributed by atoms with Crippen molar-refractivity contribution in [2.45, 2.75) is 91.3 Å². The van der Waals surface area contributed by atoms with Gasteiger partial charge in [-0.1, -0.05) is 40.2 Å². The van der Waals surface area contributed by atoms with Crippen molar-refractivity contribution in [3.63, 3.8) is 0 Å². The van der Waals surface area contributed by atoms with E-state index in [1.54, 1.807) is 6.08 Å². The van der Waals surface area contributed by atoms with Crippen LogP contribution in [0.2, 0.25) is 0 Å². The van der Waals surface area contributed by atoms with Gasteiger partial charge in [0, 0.05) is 6.54 Å². The van der Waals surface area contributed by atoms with Crippen molar-refractivity contribution in [2.75, 3.05) is 6.54 Å². The van der Waals surface area contributed by atoms with E-state index in [-0.39, 0.29) is 24.8 Å². The number of rotatable bonds is 8. The van der Waals surface area contributed by atoms with Gasteiger partial charge in [-0.05, 0) is 56.9 Å². The van der Waals surface area contributed by atoms with Gasteiger partial charge in [-0.3, -0.25) is 24.0 Å². The lowest BCUT2D eigenvalue weighted by atomic mass is 10.0. The maximum absolute atomic E-state index is 12.7. The van der Waals surface area contributed by atoms with Crippen LogP contribution in [0.25, 0.3) is 0 Å². The first-order valence-electron chi connectivity index (χ1n) is 11.9. The van der Waals surface area contributed by atoms with Crippen molar-refractivity contribution in [1.29, 1.82) is 0 Å². The highest BCUT2D eigenvalue weighted by Crippen LogP contribution is 2.10. The molecular weight excluding hydrogens is 424 g/mol. The van der Waals surface area contributed by atoms with Crippen LogP contribution in [0.3, 0.4) is 0 Å². The fraction of sp³-hybridized carbons (Fsp3) is 0.708. The molecule has 0 saturated carbocycles. The first-order chi connectivity index (χ1) is 15.5. The molecule has 1 aliphatic rings. The van der Waals surface area contributed by atoms with Crippen LogP contribution in [-0.4, -0.2) is 54.1 Å². The van der Waals surface area contributed by atoms with Crippen LogP contribution in [-0.2, 0) is 24.0 Å². The van der Waals surface area contributed by atoms with Crippen LogP contribution in [0.1, 0.15) is 73.1 Å². The summed E-state index contributed by atoms with van der Waals surface area (Å²) in [4.78, 5) is 62.4. The molecule has 1 rings (SSSR count). The highest BCUT2D eigenvalue weighted by Gasteiger charge is 2.30. The molecule has 1 heterocycles. The van der Waals surface area contributed by atoms with Crippen molar-refractivity contribution < 1.29 is 24.0 Å². The van der Waals surface area contributed by atoms with Gasteiger partial charge in [0.15, 0.2) is 0 Å². The molecule has 0 aromatic carbocycles. The van der Waals surface area contributed by atoms with Crippen molar-refractivity contribution in [3.8, 4) is 0 Å². The first kappa shape index (κ1) is 28.3. The monoisotopic (exact) mass is 464 g/mol. The lowest BCUT2D eigenvalue weighted by Gasteiger charge is -2.20. The Labute approximate surface area is 196 Å². The molecular formula is C24H40N4O5. The molecule has 9 heteroatoms. The molecule has 4 amide bonds. The normalized spacial score (nSPS) is 24.2. The number of hydrogen-bond acceptors (Lipinski definition) is 5. The number of amides is 4. The first-order valence-corrected chi connectivity index (χ1v) is 11.9. The SMILES string of the molecule is CC[C@H](C)CC/C=C/C(=O)N[C@H]1CCCNC(=O)[C@H](CC(C)C)NC(=O)C(=O)[C@@H](C)NC1=O. The number of carbonyl (C=O) groups excluding carboxylic acids is 5. The minimum atomic E-state index is -1.09. The maximum atomic E-state index is 12.7. The highest BCUT2D eigenvalue weighted by molar-refractivity contribution is 6.38. The zero-order chi connectivity index (χ0) is 25.0. The van der Waals surface area contributed by atoms with E-state index in [4.69, 9.17) is 0 Å². The number of nitrogens with one attached hydrogen (secondary N) is 4. The summed E-state index contributed by atoms with van der Waals surface area (Å²) >= 11 is 0. The predicted octanol–water partition coefficient (Wildman–Crippen LogP) is 1.37. The topological polar surface area (TPSA) is 133 Å². The quantitative estimate of drug-likeness (QED) is 0.318. The Morgan fingerprint density at radius 1 is 1.12 bits per heavy atom. The summed E-state index contributed by atoms with van der Waals surface area (Å²) in [5, 5.41) is 10.4. The Morgan fingerprint density at radius 2 is 1.82 bits per heavy atom. The van der Waals surface area contributed by atoms with Crippen LogP contribution in [0.15, 0.2) is 12.2 Å². The predicted molar refractivity (Wildman–Crippen MR) is 126 cm³/mol. The van der Waals surface area contributed by atoms with Crippen molar-refractivity contribution in [2.24, 2.45) is 11.8 Å². The summed E-state index contributed by atoms with van der Waals surface area (Å²) in [5.74, 6) is -2.39. The van der Waals surface area contributed by atoms with Gasteiger partial charge in [0.2, 0.25) is 23.5 Å². The number of carbonyl (C=O) groups is 5. The third-order valence-corrected chi connectivity index (χ3v) is 5.70. The van der Waals surface area contributed by atoms with Gasteiger partial charge in [-0.2, -0.15) is 0 Å². The second-order valence-electron chi connectivity index (χ2n) is 9.24. The summed E-state index contributed by atoms with van der Waals surface area (Å²) in [6.07, 6.45) is 7.11. The number of Topliss-reactive ketones (excluding diaryl/α,β-unsaturated/α-hetero) is 1. The zero-order valence-electron chi connectivity index (χ0n) is 20.5. The second-order valence-corrected chi connectivity index (χ2v) is 9.24. The summed E-state index contributed by atoms with van der Waals surface area (Å²) in [6.45, 7) is 9.78. The van der Waals surface area contributed by atoms with Gasteiger partial charge in [-0.25, -0.2) is 0 Å². The Hall–Kier alpha value is -2.71. The highest BCUT2D eigenvalue weighted by atomic mass is 16.2. The number of hydrogen-bond donors (Lipinski definition) is 4. The fourth-order valence-corrected chi connectivity index (χ4v) is 3.41. The number of allylic oxidation sites excluding steroid dienone is 1. The van der Waals surface area contributed by atoms with Gasteiger partial charge in [0.25, 0.3) is 5.91 Å². The molecule has 186 valence electrons. The minimum Gasteiger partial charge on any atom is -0.354 e. The van der Waals surface area contributed by atoms with E-state index in [1.165, 1.54) is 13.0 Å². The third kappa shape index (κ3) is 10.6. The number of ketones is 1. The van der Waals surface area contributed by atoms with Crippen molar-refractivity contribution >= 4 is 29.4 Å². The molecule has 1 fully saturated rings. The maximum Gasteiger partial charge on any atom is 0.290 e. The van der Waals surface area contributed by atoms with E-state index in [2.05, 4.69) is 35.1 Å². The summed E-state index contributed by atoms with van der Waals surface area (Å²) in [6, 6.07) is -2.81. The van der Waals surface area contributed by atoms with Crippen LogP contribution in [0, 0.1) is 11.8 Å². The van der Waals surface area contributed by atoms with Crippen molar-refractivity contribution in [1.82, 2.24) is 21.3 Å². The Balaban J connectivity index is 2.87. The van der Waals surface area contributed by atoms with E-state index in [0.717, 1.165) is 19.3 Å². The minimum absolute atomic E-state index is 0.127. The molecule has 9 nitrogen and oxygen atoms in total. The molecule has 1 saturated heterocycles. The molecule has 0 aromatic heterocycles. The molecule has 0 aromatic rings. The molecule has 33 heavy (non-hydrogen) atoms. The lowest BCUT2D eigenvalue weighted by Crippen LogP contribution is -2.54. The van der Waals surface area contributed by atoms with Crippen LogP contribution in [0.4, 0.5) is 0 Å². The van der Waals surface area contributed by atoms with Gasteiger partial charge >= 0.3 is 0 Å². The Bertz CT molecular complexity index is 734. The fourth-order valence-electron chi connectivity index (χ4n) is 3.41. The molecule has 1 aliphatic heterocycles. The smallest absolute Gasteiger partial charge is 0.290 e. The molecule has 4 atom stereocenters. The van der Waals surface area contributed by atoms with E-state index < -0.39 is 41.6 Å². The summed E-state index contributed by atoms with van der Waals surface area (Å²) in [7, 11) is 0. The molecule has 0 bridgehead atoms. The molecule has 0 unspecified atom stereocenters. The third-order valence-electron chi connectivity index (χ3n) is 5.70. The van der Waals surface area contributed by atoms with Gasteiger partial charge in [-0.15, -0.1) is 0 Å². The lowest BCUT2D eigenvalue weighted by molar-refractivity contribution is -0.141. The Kier molecular flexibility index (Phi) is 12.4. The van der Waals surface area contributed by atoms with E-state index in [0.29, 0.717) is 18.8 Å². The van der Waals surface area contributed by atoms with E-state index in [1.807, 2.05) is 13.8 Å². The van der Waals surface area contributed by atoms with E-state index in [9.17, 15) is 24.0 Å².